The van der Waals surface area contributed by atoms with Gasteiger partial charge in [-0.2, -0.15) is 13.9 Å². The predicted octanol–water partition coefficient (Wildman–Crippen LogP) is 4.02. The van der Waals surface area contributed by atoms with Crippen molar-refractivity contribution in [1.29, 1.82) is 0 Å². The number of halogens is 2. The quantitative estimate of drug-likeness (QED) is 0.680. The Morgan fingerprint density at radius 2 is 2.00 bits per heavy atom. The second-order valence-corrected chi connectivity index (χ2v) is 6.69. The molecule has 4 rings (SSSR count). The number of carbonyl (C=O) groups excluding carboxylic acids is 1. The molecule has 0 radical (unpaired) electrons. The molecule has 0 spiro atoms. The van der Waals surface area contributed by atoms with E-state index in [1.165, 1.54) is 13.2 Å². The van der Waals surface area contributed by atoms with Crippen LogP contribution in [-0.2, 0) is 11.3 Å². The number of alkyl halides is 2. The molecule has 2 heterocycles. The fourth-order valence-electron chi connectivity index (χ4n) is 3.54. The highest BCUT2D eigenvalue weighted by atomic mass is 19.3. The lowest BCUT2D eigenvalue weighted by Gasteiger charge is -2.24. The van der Waals surface area contributed by atoms with Crippen molar-refractivity contribution in [2.24, 2.45) is 0 Å². The maximum absolute atomic E-state index is 12.6. The minimum Gasteiger partial charge on any atom is -0.493 e. The third-order valence-corrected chi connectivity index (χ3v) is 4.87. The molecule has 29 heavy (non-hydrogen) atoms. The maximum atomic E-state index is 12.6. The molecule has 1 atom stereocenters. The van der Waals surface area contributed by atoms with Crippen LogP contribution in [0.4, 0.5) is 14.6 Å². The van der Waals surface area contributed by atoms with Gasteiger partial charge in [0, 0.05) is 17.9 Å². The van der Waals surface area contributed by atoms with Gasteiger partial charge >= 0.3 is 6.61 Å². The highest BCUT2D eigenvalue weighted by Gasteiger charge is 2.30. The molecule has 0 unspecified atom stereocenters. The highest BCUT2D eigenvalue weighted by molar-refractivity contribution is 5.94. The highest BCUT2D eigenvalue weighted by Crippen LogP contribution is 2.40. The molecule has 150 valence electrons. The third kappa shape index (κ3) is 3.91. The van der Waals surface area contributed by atoms with Crippen molar-refractivity contribution in [2.45, 2.75) is 25.5 Å². The van der Waals surface area contributed by atoms with Crippen LogP contribution in [0.1, 0.15) is 29.0 Å². The molecule has 3 aromatic rings. The summed E-state index contributed by atoms with van der Waals surface area (Å²) in [6.45, 7) is -2.42. The standard InChI is InChI=1S/C21H19F2N3O3/c1-28-18-9-14(7-8-17(18)29-21(22)23)15-10-19(27)25-20-16(15)11-24-26(20)12-13-5-3-2-4-6-13/h2-9,11,15,21H,10,12H2,1H3,(H,25,27)/t15-/m1/s1. The summed E-state index contributed by atoms with van der Waals surface area (Å²) in [6.07, 6.45) is 1.96. The van der Waals surface area contributed by atoms with E-state index < -0.39 is 6.61 Å². The zero-order chi connectivity index (χ0) is 20.4. The molecule has 2 aromatic carbocycles. The number of benzene rings is 2. The van der Waals surface area contributed by atoms with Crippen molar-refractivity contribution >= 4 is 11.7 Å². The van der Waals surface area contributed by atoms with Gasteiger partial charge in [-0.3, -0.25) is 4.79 Å². The number of carbonyl (C=O) groups is 1. The van der Waals surface area contributed by atoms with Crippen molar-refractivity contribution in [2.75, 3.05) is 12.4 Å². The van der Waals surface area contributed by atoms with Gasteiger partial charge in [-0.25, -0.2) is 4.68 Å². The van der Waals surface area contributed by atoms with Gasteiger partial charge in [0.15, 0.2) is 11.5 Å². The molecular weight excluding hydrogens is 380 g/mol. The van der Waals surface area contributed by atoms with Crippen LogP contribution in [0.2, 0.25) is 0 Å². The number of hydrogen-bond donors (Lipinski definition) is 1. The molecule has 8 heteroatoms. The van der Waals surface area contributed by atoms with Gasteiger partial charge in [0.05, 0.1) is 19.9 Å². The smallest absolute Gasteiger partial charge is 0.387 e. The second kappa shape index (κ2) is 7.90. The van der Waals surface area contributed by atoms with Gasteiger partial charge in [-0.1, -0.05) is 36.4 Å². The van der Waals surface area contributed by atoms with Crippen molar-refractivity contribution in [3.63, 3.8) is 0 Å². The van der Waals surface area contributed by atoms with Crippen molar-refractivity contribution in [3.8, 4) is 11.5 Å². The van der Waals surface area contributed by atoms with E-state index in [-0.39, 0.29) is 29.7 Å². The first kappa shape index (κ1) is 18.9. The second-order valence-electron chi connectivity index (χ2n) is 6.69. The van der Waals surface area contributed by atoms with Crippen molar-refractivity contribution < 1.29 is 23.0 Å². The summed E-state index contributed by atoms with van der Waals surface area (Å²) >= 11 is 0. The van der Waals surface area contributed by atoms with Crippen LogP contribution in [0.5, 0.6) is 11.5 Å². The molecule has 1 aliphatic rings. The zero-order valence-corrected chi connectivity index (χ0v) is 15.6. The van der Waals surface area contributed by atoms with E-state index in [1.807, 2.05) is 30.3 Å². The number of nitrogens with zero attached hydrogens (tertiary/aromatic N) is 2. The molecule has 0 aliphatic carbocycles. The SMILES string of the molecule is COc1cc([C@H]2CC(=O)Nc3c2cnn3Cc2ccccc2)ccc1OC(F)F. The van der Waals surface area contributed by atoms with Crippen LogP contribution >= 0.6 is 0 Å². The number of ether oxygens (including phenoxy) is 2. The van der Waals surface area contributed by atoms with Crippen LogP contribution in [0.3, 0.4) is 0 Å². The summed E-state index contributed by atoms with van der Waals surface area (Å²) < 4.78 is 36.6. The average molecular weight is 399 g/mol. The number of anilines is 1. The molecular formula is C21H19F2N3O3. The summed E-state index contributed by atoms with van der Waals surface area (Å²) in [5.41, 5.74) is 2.69. The Kier molecular flexibility index (Phi) is 5.16. The van der Waals surface area contributed by atoms with Gasteiger partial charge in [0.1, 0.15) is 5.82 Å². The number of fused-ring (bicyclic) bond motifs is 1. The van der Waals surface area contributed by atoms with E-state index in [9.17, 15) is 13.6 Å². The first-order chi connectivity index (χ1) is 14.0. The molecule has 1 aromatic heterocycles. The minimum absolute atomic E-state index is 0.0495. The number of amides is 1. The Morgan fingerprint density at radius 1 is 1.21 bits per heavy atom. The van der Waals surface area contributed by atoms with Crippen LogP contribution in [0.25, 0.3) is 0 Å². The fraction of sp³-hybridized carbons (Fsp3) is 0.238. The topological polar surface area (TPSA) is 65.4 Å². The van der Waals surface area contributed by atoms with E-state index in [2.05, 4.69) is 15.2 Å². The molecule has 1 aliphatic heterocycles. The lowest BCUT2D eigenvalue weighted by atomic mass is 9.87. The van der Waals surface area contributed by atoms with Crippen molar-refractivity contribution in [1.82, 2.24) is 9.78 Å². The summed E-state index contributed by atoms with van der Waals surface area (Å²) in [5, 5.41) is 7.35. The van der Waals surface area contributed by atoms with Gasteiger partial charge in [0.2, 0.25) is 5.91 Å². The van der Waals surface area contributed by atoms with Gasteiger partial charge in [0.25, 0.3) is 0 Å². The Hall–Kier alpha value is -3.42. The first-order valence-corrected chi connectivity index (χ1v) is 9.07. The summed E-state index contributed by atoms with van der Waals surface area (Å²) in [7, 11) is 1.38. The predicted molar refractivity (Wildman–Crippen MR) is 102 cm³/mol. The van der Waals surface area contributed by atoms with Gasteiger partial charge in [-0.05, 0) is 23.3 Å². The van der Waals surface area contributed by atoms with Crippen LogP contribution in [0, 0.1) is 0 Å². The number of aromatic nitrogens is 2. The molecule has 1 N–H and O–H groups in total. The van der Waals surface area contributed by atoms with Crippen molar-refractivity contribution in [3.05, 3.63) is 71.4 Å². The number of nitrogens with one attached hydrogen (secondary N) is 1. The third-order valence-electron chi connectivity index (χ3n) is 4.87. The van der Waals surface area contributed by atoms with E-state index in [4.69, 9.17) is 4.74 Å². The largest absolute Gasteiger partial charge is 0.493 e. The summed E-state index contributed by atoms with van der Waals surface area (Å²) in [5.74, 6) is 0.377. The lowest BCUT2D eigenvalue weighted by molar-refractivity contribution is -0.116. The number of methoxy groups -OCH3 is 1. The normalized spacial score (nSPS) is 15.7. The van der Waals surface area contributed by atoms with Crippen LogP contribution in [-0.4, -0.2) is 29.4 Å². The molecule has 0 saturated carbocycles. The minimum atomic E-state index is -2.95. The molecule has 0 bridgehead atoms. The molecule has 0 saturated heterocycles. The Morgan fingerprint density at radius 3 is 2.72 bits per heavy atom. The monoisotopic (exact) mass is 399 g/mol. The van der Waals surface area contributed by atoms with E-state index >= 15 is 0 Å². The Balaban J connectivity index is 1.68. The van der Waals surface area contributed by atoms with Crippen LogP contribution < -0.4 is 14.8 Å². The summed E-state index contributed by atoms with van der Waals surface area (Å²) in [4.78, 5) is 12.4. The summed E-state index contributed by atoms with van der Waals surface area (Å²) in [6, 6.07) is 14.5. The maximum Gasteiger partial charge on any atom is 0.387 e. The lowest BCUT2D eigenvalue weighted by Crippen LogP contribution is -2.25. The molecule has 6 nitrogen and oxygen atoms in total. The zero-order valence-electron chi connectivity index (χ0n) is 15.6. The van der Waals surface area contributed by atoms with Gasteiger partial charge in [-0.15, -0.1) is 0 Å². The molecule has 0 fully saturated rings. The van der Waals surface area contributed by atoms with E-state index in [0.717, 1.165) is 16.7 Å². The van der Waals surface area contributed by atoms with E-state index in [0.29, 0.717) is 12.4 Å². The van der Waals surface area contributed by atoms with E-state index in [1.54, 1.807) is 23.0 Å². The average Bonchev–Trinajstić information content (AvgIpc) is 3.10. The molecule has 1 amide bonds. The first-order valence-electron chi connectivity index (χ1n) is 9.07. The van der Waals surface area contributed by atoms with Crippen LogP contribution in [0.15, 0.2) is 54.7 Å². The number of hydrogen-bond acceptors (Lipinski definition) is 4. The number of rotatable bonds is 6. The Bertz CT molecular complexity index is 1020. The van der Waals surface area contributed by atoms with Gasteiger partial charge < -0.3 is 14.8 Å². The Labute approximate surface area is 166 Å². The fourth-order valence-corrected chi connectivity index (χ4v) is 3.54.